The van der Waals surface area contributed by atoms with Crippen LogP contribution in [0, 0.1) is 0 Å². The summed E-state index contributed by atoms with van der Waals surface area (Å²) in [5, 5.41) is 3.04. The van der Waals surface area contributed by atoms with E-state index < -0.39 is 0 Å². The minimum Gasteiger partial charge on any atom is -0.346 e. The lowest BCUT2D eigenvalue weighted by atomic mass is 9.98. The van der Waals surface area contributed by atoms with E-state index in [0.29, 0.717) is 6.54 Å². The summed E-state index contributed by atoms with van der Waals surface area (Å²) in [4.78, 5) is 12.2. The van der Waals surface area contributed by atoms with Gasteiger partial charge >= 0.3 is 0 Å². The van der Waals surface area contributed by atoms with Crippen LogP contribution in [0.3, 0.4) is 0 Å². The molecule has 0 radical (unpaired) electrons. The summed E-state index contributed by atoms with van der Waals surface area (Å²) in [7, 11) is 0. The second kappa shape index (κ2) is 5.11. The first kappa shape index (κ1) is 13.1. The minimum atomic E-state index is -0.309. The Bertz CT molecular complexity index is 450. The van der Waals surface area contributed by atoms with Crippen molar-refractivity contribution in [3.8, 4) is 0 Å². The molecule has 3 nitrogen and oxygen atoms in total. The van der Waals surface area contributed by atoms with Crippen LogP contribution in [0.5, 0.6) is 0 Å². The molecule has 1 aromatic rings. The Morgan fingerprint density at radius 3 is 2.78 bits per heavy atom. The van der Waals surface area contributed by atoms with E-state index in [4.69, 9.17) is 5.73 Å². The Balaban J connectivity index is 2.14. The summed E-state index contributed by atoms with van der Waals surface area (Å²) in [6, 6.07) is 6.04. The number of carbonyl (C=O) groups is 1. The first-order valence-corrected chi connectivity index (χ1v) is 6.72. The molecule has 3 N–H and O–H groups in total. The van der Waals surface area contributed by atoms with E-state index >= 15 is 0 Å². The molecule has 3 heteroatoms. The summed E-state index contributed by atoms with van der Waals surface area (Å²) in [6.07, 6.45) is 4.28. The maximum atomic E-state index is 12.2. The predicted octanol–water partition coefficient (Wildman–Crippen LogP) is 2.03. The average molecular weight is 246 g/mol. The predicted molar refractivity (Wildman–Crippen MR) is 73.7 cm³/mol. The van der Waals surface area contributed by atoms with Crippen molar-refractivity contribution >= 4 is 5.91 Å². The molecule has 0 saturated carbocycles. The lowest BCUT2D eigenvalue weighted by Crippen LogP contribution is -2.50. The normalized spacial score (nSPS) is 17.1. The first-order valence-electron chi connectivity index (χ1n) is 6.72. The Morgan fingerprint density at radius 2 is 2.11 bits per heavy atom. The fourth-order valence-electron chi connectivity index (χ4n) is 2.34. The van der Waals surface area contributed by atoms with E-state index in [1.807, 2.05) is 26.0 Å². The number of carbonyl (C=O) groups excluding carboxylic acids is 1. The van der Waals surface area contributed by atoms with Crippen molar-refractivity contribution in [2.24, 2.45) is 5.73 Å². The highest BCUT2D eigenvalue weighted by Gasteiger charge is 2.23. The number of amides is 1. The molecule has 0 fully saturated rings. The molecule has 0 spiro atoms. The van der Waals surface area contributed by atoms with Crippen LogP contribution in [0.1, 0.15) is 48.2 Å². The van der Waals surface area contributed by atoms with Crippen LogP contribution in [0.4, 0.5) is 0 Å². The molecule has 1 aromatic carbocycles. The molecule has 1 aliphatic carbocycles. The SMILES string of the molecule is CCC(C)(CN)NC(=O)c1ccc2c(c1)CCC2. The molecule has 0 bridgehead atoms. The van der Waals surface area contributed by atoms with Gasteiger partial charge in [0.1, 0.15) is 0 Å². The molecule has 0 saturated heterocycles. The highest BCUT2D eigenvalue weighted by atomic mass is 16.1. The van der Waals surface area contributed by atoms with Gasteiger partial charge in [0.15, 0.2) is 0 Å². The lowest BCUT2D eigenvalue weighted by molar-refractivity contribution is 0.0906. The Kier molecular flexibility index (Phi) is 3.71. The molecule has 1 aliphatic rings. The van der Waals surface area contributed by atoms with Crippen molar-refractivity contribution in [2.75, 3.05) is 6.54 Å². The fourth-order valence-corrected chi connectivity index (χ4v) is 2.34. The molecule has 1 amide bonds. The molecule has 0 aliphatic heterocycles. The monoisotopic (exact) mass is 246 g/mol. The summed E-state index contributed by atoms with van der Waals surface area (Å²) in [5.74, 6) is -0.0144. The van der Waals surface area contributed by atoms with E-state index in [9.17, 15) is 4.79 Å². The Labute approximate surface area is 109 Å². The highest BCUT2D eigenvalue weighted by molar-refractivity contribution is 5.95. The zero-order chi connectivity index (χ0) is 13.2. The van der Waals surface area contributed by atoms with Gasteiger partial charge in [-0.2, -0.15) is 0 Å². The van der Waals surface area contributed by atoms with Crippen LogP contribution < -0.4 is 11.1 Å². The third kappa shape index (κ3) is 2.56. The van der Waals surface area contributed by atoms with Crippen LogP contribution >= 0.6 is 0 Å². The zero-order valence-electron chi connectivity index (χ0n) is 11.3. The van der Waals surface area contributed by atoms with Gasteiger partial charge < -0.3 is 11.1 Å². The van der Waals surface area contributed by atoms with Crippen LogP contribution in [0.15, 0.2) is 18.2 Å². The number of hydrogen-bond donors (Lipinski definition) is 2. The number of fused-ring (bicyclic) bond motifs is 1. The third-order valence-corrected chi connectivity index (χ3v) is 4.01. The van der Waals surface area contributed by atoms with Crippen molar-refractivity contribution in [3.05, 3.63) is 34.9 Å². The van der Waals surface area contributed by atoms with Crippen molar-refractivity contribution in [3.63, 3.8) is 0 Å². The minimum absolute atomic E-state index is 0.0144. The zero-order valence-corrected chi connectivity index (χ0v) is 11.3. The molecular formula is C15H22N2O. The van der Waals surface area contributed by atoms with Crippen LogP contribution in [-0.2, 0) is 12.8 Å². The molecule has 1 unspecified atom stereocenters. The largest absolute Gasteiger partial charge is 0.346 e. The average Bonchev–Trinajstić information content (AvgIpc) is 2.85. The number of aryl methyl sites for hydroxylation is 2. The van der Waals surface area contributed by atoms with Crippen LogP contribution in [0.2, 0.25) is 0 Å². The molecule has 1 atom stereocenters. The van der Waals surface area contributed by atoms with Gasteiger partial charge in [0.05, 0.1) is 0 Å². The van der Waals surface area contributed by atoms with Gasteiger partial charge in [0, 0.05) is 17.6 Å². The third-order valence-electron chi connectivity index (χ3n) is 4.01. The van der Waals surface area contributed by atoms with Crippen molar-refractivity contribution in [2.45, 2.75) is 45.1 Å². The Morgan fingerprint density at radius 1 is 1.39 bits per heavy atom. The maximum Gasteiger partial charge on any atom is 0.251 e. The fraction of sp³-hybridized carbons (Fsp3) is 0.533. The Hall–Kier alpha value is -1.35. The number of rotatable bonds is 4. The second-order valence-electron chi connectivity index (χ2n) is 5.41. The molecule has 0 heterocycles. The van der Waals surface area contributed by atoms with Gasteiger partial charge in [-0.3, -0.25) is 4.79 Å². The molecular weight excluding hydrogens is 224 g/mol. The van der Waals surface area contributed by atoms with Crippen LogP contribution in [0.25, 0.3) is 0 Å². The maximum absolute atomic E-state index is 12.2. The van der Waals surface area contributed by atoms with E-state index in [0.717, 1.165) is 24.8 Å². The van der Waals surface area contributed by atoms with E-state index in [1.165, 1.54) is 17.5 Å². The topological polar surface area (TPSA) is 55.1 Å². The number of nitrogens with one attached hydrogen (secondary N) is 1. The van der Waals surface area contributed by atoms with E-state index in [-0.39, 0.29) is 11.4 Å². The van der Waals surface area contributed by atoms with Gasteiger partial charge in [-0.15, -0.1) is 0 Å². The summed E-state index contributed by atoms with van der Waals surface area (Å²) in [5.41, 5.74) is 8.88. The van der Waals surface area contributed by atoms with E-state index in [1.54, 1.807) is 0 Å². The molecule has 18 heavy (non-hydrogen) atoms. The standard InChI is InChI=1S/C15H22N2O/c1-3-15(2,10-16)17-14(18)13-8-7-11-5-4-6-12(11)9-13/h7-9H,3-6,10,16H2,1-2H3,(H,17,18). The summed E-state index contributed by atoms with van der Waals surface area (Å²) < 4.78 is 0. The molecule has 98 valence electrons. The number of benzene rings is 1. The highest BCUT2D eigenvalue weighted by Crippen LogP contribution is 2.23. The van der Waals surface area contributed by atoms with Gasteiger partial charge in [-0.05, 0) is 55.9 Å². The number of hydrogen-bond acceptors (Lipinski definition) is 2. The lowest BCUT2D eigenvalue weighted by Gasteiger charge is -2.28. The van der Waals surface area contributed by atoms with Crippen molar-refractivity contribution in [1.82, 2.24) is 5.32 Å². The van der Waals surface area contributed by atoms with E-state index in [2.05, 4.69) is 11.4 Å². The van der Waals surface area contributed by atoms with Gasteiger partial charge in [0.25, 0.3) is 5.91 Å². The van der Waals surface area contributed by atoms with Crippen molar-refractivity contribution in [1.29, 1.82) is 0 Å². The second-order valence-corrected chi connectivity index (χ2v) is 5.41. The van der Waals surface area contributed by atoms with Gasteiger partial charge in [-0.25, -0.2) is 0 Å². The summed E-state index contributed by atoms with van der Waals surface area (Å²) in [6.45, 7) is 4.48. The summed E-state index contributed by atoms with van der Waals surface area (Å²) >= 11 is 0. The quantitative estimate of drug-likeness (QED) is 0.854. The number of nitrogens with two attached hydrogens (primary N) is 1. The smallest absolute Gasteiger partial charge is 0.251 e. The molecule has 0 aromatic heterocycles. The first-order chi connectivity index (χ1) is 8.58. The van der Waals surface area contributed by atoms with Crippen LogP contribution in [-0.4, -0.2) is 18.0 Å². The van der Waals surface area contributed by atoms with Gasteiger partial charge in [-0.1, -0.05) is 13.0 Å². The van der Waals surface area contributed by atoms with Gasteiger partial charge in [0.2, 0.25) is 0 Å². The molecule has 2 rings (SSSR count). The van der Waals surface area contributed by atoms with Crippen molar-refractivity contribution < 1.29 is 4.79 Å².